The van der Waals surface area contributed by atoms with E-state index >= 15 is 0 Å². The predicted molar refractivity (Wildman–Crippen MR) is 95.9 cm³/mol. The van der Waals surface area contributed by atoms with Crippen LogP contribution in [0.4, 0.5) is 5.69 Å². The van der Waals surface area contributed by atoms with Crippen LogP contribution in [0.5, 0.6) is 5.75 Å². The van der Waals surface area contributed by atoms with Crippen molar-refractivity contribution < 1.29 is 14.3 Å². The van der Waals surface area contributed by atoms with E-state index in [0.29, 0.717) is 22.2 Å². The van der Waals surface area contributed by atoms with Crippen LogP contribution >= 0.6 is 0 Å². The number of aromatic nitrogens is 1. The van der Waals surface area contributed by atoms with Gasteiger partial charge in [0.1, 0.15) is 5.75 Å². The molecule has 6 nitrogen and oxygen atoms in total. The molecule has 1 amide bonds. The highest BCUT2D eigenvalue weighted by Crippen LogP contribution is 2.30. The number of aromatic amines is 1. The van der Waals surface area contributed by atoms with Gasteiger partial charge in [-0.2, -0.15) is 0 Å². The lowest BCUT2D eigenvalue weighted by atomic mass is 10.1. The quantitative estimate of drug-likeness (QED) is 0.750. The molecule has 0 aliphatic rings. The van der Waals surface area contributed by atoms with Gasteiger partial charge in [0.15, 0.2) is 6.10 Å². The molecule has 3 aromatic rings. The highest BCUT2D eigenvalue weighted by Gasteiger charge is 2.21. The summed E-state index contributed by atoms with van der Waals surface area (Å²) in [5.74, 6) is 0.0802. The van der Waals surface area contributed by atoms with Gasteiger partial charge in [-0.1, -0.05) is 30.3 Å². The Morgan fingerprint density at radius 2 is 1.88 bits per heavy atom. The van der Waals surface area contributed by atoms with E-state index in [-0.39, 0.29) is 11.5 Å². The lowest BCUT2D eigenvalue weighted by molar-refractivity contribution is -0.126. The van der Waals surface area contributed by atoms with Crippen LogP contribution in [-0.2, 0) is 9.53 Å². The molecule has 0 saturated heterocycles. The monoisotopic (exact) mass is 338 g/mol. The summed E-state index contributed by atoms with van der Waals surface area (Å²) >= 11 is 0. The molecule has 2 aromatic carbocycles. The van der Waals surface area contributed by atoms with Gasteiger partial charge in [-0.15, -0.1) is 0 Å². The Labute approximate surface area is 144 Å². The van der Waals surface area contributed by atoms with Gasteiger partial charge in [0.25, 0.3) is 11.5 Å². The first-order valence-corrected chi connectivity index (χ1v) is 7.72. The van der Waals surface area contributed by atoms with E-state index in [2.05, 4.69) is 10.3 Å². The van der Waals surface area contributed by atoms with E-state index in [1.165, 1.54) is 14.2 Å². The SMILES string of the molecule is COc1cc2c(=O)[nH]ccc2cc1NC(=O)[C@H](OC)c1ccccc1. The number of H-pyrrole nitrogens is 1. The molecule has 3 rings (SSSR count). The van der Waals surface area contributed by atoms with Crippen molar-refractivity contribution >= 4 is 22.4 Å². The molecule has 25 heavy (non-hydrogen) atoms. The van der Waals surface area contributed by atoms with Crippen LogP contribution in [-0.4, -0.2) is 25.1 Å². The third-order valence-electron chi connectivity index (χ3n) is 3.93. The van der Waals surface area contributed by atoms with Crippen molar-refractivity contribution in [1.82, 2.24) is 4.98 Å². The second-order valence-electron chi connectivity index (χ2n) is 5.46. The van der Waals surface area contributed by atoms with Crippen molar-refractivity contribution in [3.63, 3.8) is 0 Å². The number of carbonyl (C=O) groups excluding carboxylic acids is 1. The Balaban J connectivity index is 1.96. The maximum absolute atomic E-state index is 12.7. The average Bonchev–Trinajstić information content (AvgIpc) is 2.63. The first-order valence-electron chi connectivity index (χ1n) is 7.72. The number of ether oxygens (including phenoxy) is 2. The Hall–Kier alpha value is -3.12. The molecule has 0 unspecified atom stereocenters. The van der Waals surface area contributed by atoms with Crippen molar-refractivity contribution in [2.45, 2.75) is 6.10 Å². The number of carbonyl (C=O) groups is 1. The molecule has 0 fully saturated rings. The fourth-order valence-electron chi connectivity index (χ4n) is 2.70. The van der Waals surface area contributed by atoms with Gasteiger partial charge in [0.2, 0.25) is 0 Å². The number of methoxy groups -OCH3 is 2. The van der Waals surface area contributed by atoms with Gasteiger partial charge in [-0.05, 0) is 29.1 Å². The van der Waals surface area contributed by atoms with Crippen molar-refractivity contribution in [3.8, 4) is 5.75 Å². The second kappa shape index (κ2) is 7.19. The van der Waals surface area contributed by atoms with Crippen LogP contribution < -0.4 is 15.6 Å². The minimum Gasteiger partial charge on any atom is -0.495 e. The standard InChI is InChI=1S/C19H18N2O4/c1-24-16-11-14-13(8-9-20-18(14)22)10-15(16)21-19(23)17(25-2)12-6-4-3-5-7-12/h3-11,17H,1-2H3,(H,20,22)(H,21,23)/t17-/m1/s1. The van der Waals surface area contributed by atoms with Gasteiger partial charge >= 0.3 is 0 Å². The van der Waals surface area contributed by atoms with E-state index in [9.17, 15) is 9.59 Å². The largest absolute Gasteiger partial charge is 0.495 e. The van der Waals surface area contributed by atoms with Gasteiger partial charge < -0.3 is 19.8 Å². The zero-order valence-corrected chi connectivity index (χ0v) is 13.9. The Kier molecular flexibility index (Phi) is 4.81. The van der Waals surface area contributed by atoms with Crippen LogP contribution in [0.1, 0.15) is 11.7 Å². The zero-order chi connectivity index (χ0) is 17.8. The molecule has 0 spiro atoms. The first kappa shape index (κ1) is 16.7. The second-order valence-corrected chi connectivity index (χ2v) is 5.46. The molecule has 0 radical (unpaired) electrons. The van der Waals surface area contributed by atoms with Crippen molar-refractivity contribution in [1.29, 1.82) is 0 Å². The molecule has 0 saturated carbocycles. The van der Waals surface area contributed by atoms with E-state index in [1.807, 2.05) is 30.3 Å². The summed E-state index contributed by atoms with van der Waals surface area (Å²) < 4.78 is 10.7. The van der Waals surface area contributed by atoms with Crippen LogP contribution in [0.2, 0.25) is 0 Å². The molecule has 1 heterocycles. The summed E-state index contributed by atoms with van der Waals surface area (Å²) in [7, 11) is 2.97. The van der Waals surface area contributed by atoms with E-state index < -0.39 is 6.10 Å². The van der Waals surface area contributed by atoms with Crippen LogP contribution in [0.3, 0.4) is 0 Å². The fourth-order valence-corrected chi connectivity index (χ4v) is 2.70. The first-order chi connectivity index (χ1) is 12.1. The number of nitrogens with one attached hydrogen (secondary N) is 2. The number of rotatable bonds is 5. The average molecular weight is 338 g/mol. The summed E-state index contributed by atoms with van der Waals surface area (Å²) in [6, 6.07) is 14.3. The Morgan fingerprint density at radius 3 is 2.56 bits per heavy atom. The summed E-state index contributed by atoms with van der Waals surface area (Å²) in [6.45, 7) is 0. The van der Waals surface area contributed by atoms with Gasteiger partial charge in [-0.3, -0.25) is 9.59 Å². The van der Waals surface area contributed by atoms with Crippen LogP contribution in [0.25, 0.3) is 10.8 Å². The third-order valence-corrected chi connectivity index (χ3v) is 3.93. The molecule has 2 N–H and O–H groups in total. The molecule has 0 aliphatic heterocycles. The van der Waals surface area contributed by atoms with E-state index in [1.54, 1.807) is 24.4 Å². The van der Waals surface area contributed by atoms with Gasteiger partial charge in [0.05, 0.1) is 18.2 Å². The fraction of sp³-hybridized carbons (Fsp3) is 0.158. The maximum atomic E-state index is 12.7. The van der Waals surface area contributed by atoms with Crippen LogP contribution in [0, 0.1) is 0 Å². The normalized spacial score (nSPS) is 11.9. The smallest absolute Gasteiger partial charge is 0.258 e. The minimum atomic E-state index is -0.749. The number of hydrogen-bond acceptors (Lipinski definition) is 4. The number of pyridine rings is 1. The number of anilines is 1. The predicted octanol–water partition coefficient (Wildman–Crippen LogP) is 2.86. The highest BCUT2D eigenvalue weighted by molar-refractivity contribution is 5.99. The maximum Gasteiger partial charge on any atom is 0.258 e. The molecule has 0 aliphatic carbocycles. The summed E-state index contributed by atoms with van der Waals surface area (Å²) in [6.07, 6.45) is 0.811. The number of amides is 1. The molecular weight excluding hydrogens is 320 g/mol. The summed E-state index contributed by atoms with van der Waals surface area (Å²) in [4.78, 5) is 27.2. The van der Waals surface area contributed by atoms with Crippen molar-refractivity contribution in [2.24, 2.45) is 0 Å². The Bertz CT molecular complexity index is 951. The highest BCUT2D eigenvalue weighted by atomic mass is 16.5. The lowest BCUT2D eigenvalue weighted by Gasteiger charge is -2.17. The molecule has 1 aromatic heterocycles. The van der Waals surface area contributed by atoms with Crippen molar-refractivity contribution in [2.75, 3.05) is 19.5 Å². The number of benzene rings is 2. The van der Waals surface area contributed by atoms with Crippen molar-refractivity contribution in [3.05, 3.63) is 70.6 Å². The topological polar surface area (TPSA) is 80.4 Å². The molecule has 0 bridgehead atoms. The summed E-state index contributed by atoms with van der Waals surface area (Å²) in [5, 5.41) is 4.01. The van der Waals surface area contributed by atoms with Gasteiger partial charge in [-0.25, -0.2) is 0 Å². The summed E-state index contributed by atoms with van der Waals surface area (Å²) in [5.41, 5.74) is 1.01. The molecule has 128 valence electrons. The van der Waals surface area contributed by atoms with E-state index in [0.717, 1.165) is 5.56 Å². The van der Waals surface area contributed by atoms with Gasteiger partial charge in [0, 0.05) is 13.3 Å². The van der Waals surface area contributed by atoms with E-state index in [4.69, 9.17) is 9.47 Å². The lowest BCUT2D eigenvalue weighted by Crippen LogP contribution is -2.23. The molecular formula is C19H18N2O4. The molecule has 6 heteroatoms. The minimum absolute atomic E-state index is 0.215. The number of fused-ring (bicyclic) bond motifs is 1. The zero-order valence-electron chi connectivity index (χ0n) is 13.9. The van der Waals surface area contributed by atoms with Crippen LogP contribution in [0.15, 0.2) is 59.5 Å². The Morgan fingerprint density at radius 1 is 1.12 bits per heavy atom. The third kappa shape index (κ3) is 3.39. The number of hydrogen-bond donors (Lipinski definition) is 2. The molecule has 1 atom stereocenters.